The molecule has 0 saturated heterocycles. The maximum Gasteiger partial charge on any atom is 0.231 e. The highest BCUT2D eigenvalue weighted by molar-refractivity contribution is 5.77. The molecule has 0 aromatic heterocycles. The van der Waals surface area contributed by atoms with Crippen LogP contribution in [0.4, 0.5) is 0 Å². The van der Waals surface area contributed by atoms with Crippen LogP contribution in [-0.2, 0) is 9.53 Å². The Labute approximate surface area is 116 Å². The molecule has 0 aliphatic rings. The molecule has 19 heavy (non-hydrogen) atoms. The molecular weight excluding hydrogens is 242 g/mol. The first-order valence-corrected chi connectivity index (χ1v) is 6.42. The molecular formula is C14H25N3O2. The lowest BCUT2D eigenvalue weighted by atomic mass is 10.0. The second kappa shape index (κ2) is 7.90. The fraction of sp³-hybridized carbons (Fsp3) is 0.786. The molecule has 1 amide bonds. The molecule has 0 aromatic carbocycles. The Bertz CT molecular complexity index is 354. The number of rotatable bonds is 8. The van der Waals surface area contributed by atoms with Crippen LogP contribution in [0.1, 0.15) is 47.0 Å². The number of nitrogens with one attached hydrogen (secondary N) is 1. The maximum absolute atomic E-state index is 11.3. The van der Waals surface area contributed by atoms with Gasteiger partial charge in [0.1, 0.15) is 0 Å². The number of nitrogens with zero attached hydrogens (tertiary/aromatic N) is 2. The first kappa shape index (κ1) is 17.6. The number of carbonyl (C=O) groups excluding carboxylic acids is 1. The number of amides is 1. The third-order valence-electron chi connectivity index (χ3n) is 2.74. The van der Waals surface area contributed by atoms with E-state index >= 15 is 0 Å². The second-order valence-corrected chi connectivity index (χ2v) is 5.66. The van der Waals surface area contributed by atoms with Crippen LogP contribution < -0.4 is 5.32 Å². The summed E-state index contributed by atoms with van der Waals surface area (Å²) in [6, 6.07) is 2.12. The zero-order valence-electron chi connectivity index (χ0n) is 12.6. The van der Waals surface area contributed by atoms with Crippen LogP contribution in [0.5, 0.6) is 0 Å². The van der Waals surface area contributed by atoms with Crippen LogP contribution in [0.15, 0.2) is 10.2 Å². The van der Waals surface area contributed by atoms with Gasteiger partial charge < -0.3 is 4.74 Å². The van der Waals surface area contributed by atoms with Gasteiger partial charge in [0.2, 0.25) is 5.91 Å². The van der Waals surface area contributed by atoms with Crippen LogP contribution in [-0.4, -0.2) is 30.7 Å². The number of terminal acetylenes is 1. The van der Waals surface area contributed by atoms with Crippen molar-refractivity contribution in [3.8, 4) is 12.5 Å². The van der Waals surface area contributed by atoms with Crippen molar-refractivity contribution >= 4 is 5.91 Å². The van der Waals surface area contributed by atoms with Crippen molar-refractivity contribution in [2.24, 2.45) is 10.2 Å². The van der Waals surface area contributed by atoms with Gasteiger partial charge >= 0.3 is 0 Å². The van der Waals surface area contributed by atoms with Gasteiger partial charge in [-0.3, -0.25) is 10.1 Å². The van der Waals surface area contributed by atoms with E-state index in [9.17, 15) is 4.79 Å². The summed E-state index contributed by atoms with van der Waals surface area (Å²) in [4.78, 5) is 11.3. The Morgan fingerprint density at radius 3 is 2.47 bits per heavy atom. The molecule has 0 aliphatic heterocycles. The van der Waals surface area contributed by atoms with E-state index in [2.05, 4.69) is 21.6 Å². The summed E-state index contributed by atoms with van der Waals surface area (Å²) in [5.74, 6) is -0.153. The lowest BCUT2D eigenvalue weighted by Crippen LogP contribution is -2.30. The van der Waals surface area contributed by atoms with Gasteiger partial charge in [0.05, 0.1) is 11.1 Å². The number of hydrogen-bond donors (Lipinski definition) is 1. The molecule has 0 bridgehead atoms. The molecule has 1 N–H and O–H groups in total. The van der Waals surface area contributed by atoms with E-state index in [0.29, 0.717) is 19.4 Å². The molecule has 0 atom stereocenters. The molecule has 0 unspecified atom stereocenters. The molecule has 0 radical (unpaired) electrons. The SMILES string of the molecule is C#CNC(=O)CCC(C)(C)OCCC(C)(C)N=NC. The number of ether oxygens (including phenoxy) is 1. The van der Waals surface area contributed by atoms with Gasteiger partial charge in [0.15, 0.2) is 0 Å². The highest BCUT2D eigenvalue weighted by Crippen LogP contribution is 2.20. The predicted octanol–water partition coefficient (Wildman–Crippen LogP) is 2.52. The molecule has 0 aliphatic carbocycles. The van der Waals surface area contributed by atoms with Crippen LogP contribution in [0, 0.1) is 12.5 Å². The zero-order valence-corrected chi connectivity index (χ0v) is 12.6. The highest BCUT2D eigenvalue weighted by atomic mass is 16.5. The molecule has 108 valence electrons. The summed E-state index contributed by atoms with van der Waals surface area (Å²) >= 11 is 0. The van der Waals surface area contributed by atoms with Crippen molar-refractivity contribution in [2.45, 2.75) is 58.1 Å². The minimum absolute atomic E-state index is 0.153. The molecule has 0 spiro atoms. The molecule has 0 saturated carbocycles. The summed E-state index contributed by atoms with van der Waals surface area (Å²) in [5, 5.41) is 10.3. The Balaban J connectivity index is 4.04. The largest absolute Gasteiger partial charge is 0.375 e. The molecule has 0 rings (SSSR count). The second-order valence-electron chi connectivity index (χ2n) is 5.66. The van der Waals surface area contributed by atoms with Crippen molar-refractivity contribution in [1.29, 1.82) is 0 Å². The van der Waals surface area contributed by atoms with Crippen LogP contribution >= 0.6 is 0 Å². The molecule has 0 fully saturated rings. The van der Waals surface area contributed by atoms with Crippen molar-refractivity contribution in [3.05, 3.63) is 0 Å². The Morgan fingerprint density at radius 1 is 1.32 bits per heavy atom. The zero-order chi connectivity index (χ0) is 14.9. The van der Waals surface area contributed by atoms with E-state index in [1.165, 1.54) is 0 Å². The Kier molecular flexibility index (Phi) is 7.32. The van der Waals surface area contributed by atoms with Gasteiger partial charge in [-0.15, -0.1) is 0 Å². The van der Waals surface area contributed by atoms with Gasteiger partial charge in [0.25, 0.3) is 0 Å². The van der Waals surface area contributed by atoms with Gasteiger partial charge in [-0.2, -0.15) is 10.2 Å². The van der Waals surface area contributed by atoms with Crippen molar-refractivity contribution in [3.63, 3.8) is 0 Å². The first-order chi connectivity index (χ1) is 8.72. The monoisotopic (exact) mass is 267 g/mol. The number of carbonyl (C=O) groups is 1. The van der Waals surface area contributed by atoms with E-state index in [4.69, 9.17) is 11.2 Å². The summed E-state index contributed by atoms with van der Waals surface area (Å²) in [7, 11) is 1.66. The Morgan fingerprint density at radius 2 is 1.95 bits per heavy atom. The van der Waals surface area contributed by atoms with Crippen molar-refractivity contribution in [1.82, 2.24) is 5.32 Å². The van der Waals surface area contributed by atoms with E-state index < -0.39 is 0 Å². The minimum atomic E-state index is -0.356. The predicted molar refractivity (Wildman–Crippen MR) is 75.7 cm³/mol. The molecule has 5 heteroatoms. The normalized spacial score (nSPS) is 12.4. The van der Waals surface area contributed by atoms with Crippen molar-refractivity contribution < 1.29 is 9.53 Å². The minimum Gasteiger partial charge on any atom is -0.375 e. The fourth-order valence-electron chi connectivity index (χ4n) is 1.53. The van der Waals surface area contributed by atoms with Crippen LogP contribution in [0.3, 0.4) is 0 Å². The lowest BCUT2D eigenvalue weighted by Gasteiger charge is -2.27. The summed E-state index contributed by atoms with van der Waals surface area (Å²) < 4.78 is 5.81. The average molecular weight is 267 g/mol. The van der Waals surface area contributed by atoms with Gasteiger partial charge in [-0.1, -0.05) is 6.42 Å². The average Bonchev–Trinajstić information content (AvgIpc) is 2.26. The Hall–Kier alpha value is -1.41. The summed E-state index contributed by atoms with van der Waals surface area (Å²) in [6.07, 6.45) is 6.75. The summed E-state index contributed by atoms with van der Waals surface area (Å²) in [5.41, 5.74) is -0.572. The lowest BCUT2D eigenvalue weighted by molar-refractivity contribution is -0.121. The van der Waals surface area contributed by atoms with E-state index in [0.717, 1.165) is 6.42 Å². The van der Waals surface area contributed by atoms with Crippen molar-refractivity contribution in [2.75, 3.05) is 13.7 Å². The fourth-order valence-corrected chi connectivity index (χ4v) is 1.53. The molecule has 0 aromatic rings. The third kappa shape index (κ3) is 9.20. The highest BCUT2D eigenvalue weighted by Gasteiger charge is 2.22. The third-order valence-corrected chi connectivity index (χ3v) is 2.74. The van der Waals surface area contributed by atoms with E-state index in [1.807, 2.05) is 27.7 Å². The van der Waals surface area contributed by atoms with Crippen LogP contribution in [0.2, 0.25) is 0 Å². The standard InChI is InChI=1S/C14H25N3O2/c1-7-16-12(18)8-9-14(4,5)19-11-10-13(2,3)17-15-6/h1H,8-11H2,2-6H3,(H,16,18). The maximum atomic E-state index is 11.3. The van der Waals surface area contributed by atoms with E-state index in [-0.39, 0.29) is 17.0 Å². The summed E-state index contributed by atoms with van der Waals surface area (Å²) in [6.45, 7) is 8.53. The topological polar surface area (TPSA) is 63.0 Å². The number of hydrogen-bond acceptors (Lipinski definition) is 4. The molecule has 0 heterocycles. The van der Waals surface area contributed by atoms with E-state index in [1.54, 1.807) is 7.05 Å². The number of azo groups is 1. The molecule has 5 nitrogen and oxygen atoms in total. The smallest absolute Gasteiger partial charge is 0.231 e. The quantitative estimate of drug-likeness (QED) is 0.417. The van der Waals surface area contributed by atoms with Gasteiger partial charge in [0, 0.05) is 26.1 Å². The van der Waals surface area contributed by atoms with Gasteiger partial charge in [-0.05, 0) is 40.5 Å². The van der Waals surface area contributed by atoms with Gasteiger partial charge in [-0.25, -0.2) is 0 Å². The first-order valence-electron chi connectivity index (χ1n) is 6.42. The van der Waals surface area contributed by atoms with Crippen LogP contribution in [0.25, 0.3) is 0 Å².